The van der Waals surface area contributed by atoms with Crippen molar-refractivity contribution < 1.29 is 19.2 Å². The van der Waals surface area contributed by atoms with Crippen LogP contribution in [0.15, 0.2) is 58.7 Å². The first-order valence-electron chi connectivity index (χ1n) is 38.1. The van der Waals surface area contributed by atoms with Crippen LogP contribution in [0.1, 0.15) is 249 Å². The Bertz CT molecular complexity index is 3410. The third-order valence-corrected chi connectivity index (χ3v) is 34.1. The van der Waals surface area contributed by atoms with Gasteiger partial charge in [-0.15, -0.1) is 0 Å². The molecule has 0 bridgehead atoms. The van der Waals surface area contributed by atoms with E-state index in [1.54, 1.807) is 6.08 Å². The molecule has 492 valence electrons. The number of fused-ring (bicyclic) bond motifs is 23. The van der Waals surface area contributed by atoms with Gasteiger partial charge in [-0.2, -0.15) is 21.0 Å². The number of ketones is 4. The van der Waals surface area contributed by atoms with Crippen LogP contribution in [0.2, 0.25) is 0 Å². The van der Waals surface area contributed by atoms with Crippen LogP contribution in [-0.2, 0) is 19.2 Å². The molecule has 0 unspecified atom stereocenters. The van der Waals surface area contributed by atoms with Crippen molar-refractivity contribution >= 4 is 23.1 Å². The normalized spacial score (nSPS) is 52.2. The first-order valence-corrected chi connectivity index (χ1v) is 38.1. The Labute approximate surface area is 554 Å². The van der Waals surface area contributed by atoms with Crippen LogP contribution in [0.4, 0.5) is 0 Å². The molecule has 0 aliphatic heterocycles. The van der Waals surface area contributed by atoms with Gasteiger partial charge in [0.25, 0.3) is 0 Å². The van der Waals surface area contributed by atoms with Crippen molar-refractivity contribution in [1.29, 1.82) is 21.0 Å². The lowest BCUT2D eigenvalue weighted by atomic mass is 9.44. The Morgan fingerprint density at radius 3 is 1.47 bits per heavy atom. The minimum absolute atomic E-state index is 0.0862. The minimum Gasteiger partial charge on any atom is -0.295 e. The SMILES string of the molecule is CC[C@@H]1CC2=CC(=O)CC[C@]2(C)[C@H]2CC[C@]3(C)[C@@H](C#N)CC[C@H]3[C@H]12.C[C@H]1CC(=O)C=C2CC[C@H]3[C@@H]4CC[C@H](C#N)[C@@]4(C)CC[C@@H]3[C@]21C.C[C@]12CC[C@H]3[C@@H](CCC4=CC(=O)C=C[C@@]43C)[C@@H]1CC[C@@H]2C#N.C[C@]12CC[C@H]3[C@@H]([C@H]4C[C@H]4C4=CC(=O)CC[C@@]43C)[C@@H]1CC[C@@H]2C#N. The molecule has 17 aliphatic carbocycles. The molecular weight excluding hydrogens is 1130 g/mol. The first kappa shape index (κ1) is 64.7. The summed E-state index contributed by atoms with van der Waals surface area (Å²) in [5, 5.41) is 38.4. The second-order valence-corrected chi connectivity index (χ2v) is 36.8. The highest BCUT2D eigenvalue weighted by Gasteiger charge is 2.69. The number of rotatable bonds is 1. The first-order chi connectivity index (χ1) is 43.8. The molecule has 0 amide bonds. The molecule has 0 N–H and O–H groups in total. The van der Waals surface area contributed by atoms with E-state index in [0.29, 0.717) is 46.9 Å². The van der Waals surface area contributed by atoms with Crippen molar-refractivity contribution in [1.82, 2.24) is 0 Å². The Hall–Kier alpha value is -4.66. The fourth-order valence-electron chi connectivity index (χ4n) is 28.5. The van der Waals surface area contributed by atoms with Crippen LogP contribution < -0.4 is 0 Å². The topological polar surface area (TPSA) is 163 Å². The van der Waals surface area contributed by atoms with Crippen LogP contribution in [0.3, 0.4) is 0 Å². The number of hydrogen-bond donors (Lipinski definition) is 0. The van der Waals surface area contributed by atoms with E-state index in [-0.39, 0.29) is 72.8 Å². The summed E-state index contributed by atoms with van der Waals surface area (Å²) in [5.41, 5.74) is 7.63. The summed E-state index contributed by atoms with van der Waals surface area (Å²) in [6, 6.07) is 10.5. The van der Waals surface area contributed by atoms with Gasteiger partial charge in [0.05, 0.1) is 47.9 Å². The highest BCUT2D eigenvalue weighted by Crippen LogP contribution is 2.76. The minimum atomic E-state index is 0.0862. The molecule has 0 aromatic heterocycles. The van der Waals surface area contributed by atoms with Crippen LogP contribution >= 0.6 is 0 Å². The predicted molar refractivity (Wildman–Crippen MR) is 359 cm³/mol. The Balaban J connectivity index is 0.000000107. The smallest absolute Gasteiger partial charge is 0.178 e. The third-order valence-electron chi connectivity index (χ3n) is 34.1. The highest BCUT2D eigenvalue weighted by atomic mass is 16.1. The molecule has 0 radical (unpaired) electrons. The van der Waals surface area contributed by atoms with Crippen LogP contribution in [0.25, 0.3) is 0 Å². The number of nitriles is 4. The van der Waals surface area contributed by atoms with Gasteiger partial charge in [-0.05, 0) is 317 Å². The van der Waals surface area contributed by atoms with E-state index in [0.717, 1.165) is 142 Å². The Morgan fingerprint density at radius 1 is 0.435 bits per heavy atom. The summed E-state index contributed by atoms with van der Waals surface area (Å²) in [6.45, 7) is 24.0. The van der Waals surface area contributed by atoms with Crippen molar-refractivity contribution in [2.45, 2.75) is 249 Å². The maximum atomic E-state index is 12.0. The standard InChI is InChI=1S/C22H31NO.C21H27NO.C21H29NO.C20H25NO/c1-4-14-11-16-12-17(24)7-9-22(16,3)19-8-10-21(2)15(13-23)5-6-18(21)20(14)19;1-20-8-6-17-19(16(20)4-3-12(20)11-22)15-10-14(15)18-9-13(23)5-7-21(17,18)2;1-13-10-16(23)11-14-4-6-17-18-7-5-15(12-22)20(18,2)9-8-19(17)21(13,14)3;1-19-9-7-15(22)11-13(19)3-5-16-17-6-4-14(12-21)20(17,2)10-8-18(16)19/h12,14-15,18-20H,4-11H2,1-3H3;9,12,14-17,19H,3-8,10H2,1-2H3;11,13,15,17-19H,4-10H2,1-3H3;7,9,11,14,16-18H,3-6,8,10H2,1-2H3/t14-,15-,18+,19+,20+,21-,22+;12-,14-,15+,16+,17+,19+,20-,21-;13-,15+,17-,18-,19-,20+,21-;14-,16+,17+,18+,19+,20-/m1101/s1. The van der Waals surface area contributed by atoms with Gasteiger partial charge < -0.3 is 0 Å². The number of carbonyl (C=O) groups excluding carboxylic acids is 4. The average molecular weight is 1240 g/mol. The number of hydrogen-bond acceptors (Lipinski definition) is 8. The maximum absolute atomic E-state index is 12.0. The number of carbonyl (C=O) groups is 4. The van der Waals surface area contributed by atoms with Crippen LogP contribution in [-0.4, -0.2) is 23.1 Å². The highest BCUT2D eigenvalue weighted by molar-refractivity contribution is 6.01. The van der Waals surface area contributed by atoms with Crippen molar-refractivity contribution in [3.8, 4) is 24.3 Å². The van der Waals surface area contributed by atoms with E-state index in [4.69, 9.17) is 0 Å². The lowest BCUT2D eigenvalue weighted by Crippen LogP contribution is -2.53. The molecule has 0 spiro atoms. The van der Waals surface area contributed by atoms with Gasteiger partial charge in [0.1, 0.15) is 0 Å². The fourth-order valence-corrected chi connectivity index (χ4v) is 28.5. The van der Waals surface area contributed by atoms with Crippen molar-refractivity contribution in [2.24, 2.45) is 162 Å². The molecule has 92 heavy (non-hydrogen) atoms. The summed E-state index contributed by atoms with van der Waals surface area (Å²) < 4.78 is 0. The lowest BCUT2D eigenvalue weighted by Gasteiger charge is -2.60. The molecule has 17 aliphatic rings. The van der Waals surface area contributed by atoms with E-state index >= 15 is 0 Å². The molecule has 8 heteroatoms. The van der Waals surface area contributed by atoms with Gasteiger partial charge in [0.15, 0.2) is 23.1 Å². The van der Waals surface area contributed by atoms with Gasteiger partial charge in [0.2, 0.25) is 0 Å². The van der Waals surface area contributed by atoms with E-state index in [9.17, 15) is 40.2 Å². The third kappa shape index (κ3) is 9.46. The molecule has 28 atom stereocenters. The molecular formula is C84H112N4O4. The zero-order valence-corrected chi connectivity index (χ0v) is 58.2. The van der Waals surface area contributed by atoms with E-state index in [2.05, 4.69) is 99.6 Å². The Kier molecular flexibility index (Phi) is 16.2. The second-order valence-electron chi connectivity index (χ2n) is 36.8. The van der Waals surface area contributed by atoms with Crippen LogP contribution in [0.5, 0.6) is 0 Å². The molecule has 13 saturated carbocycles. The van der Waals surface area contributed by atoms with Gasteiger partial charge in [0, 0.05) is 24.7 Å². The molecule has 13 fully saturated rings. The van der Waals surface area contributed by atoms with Crippen molar-refractivity contribution in [2.75, 3.05) is 0 Å². The summed E-state index contributed by atoms with van der Waals surface area (Å²) in [4.78, 5) is 47.8. The van der Waals surface area contributed by atoms with Gasteiger partial charge in [-0.3, -0.25) is 19.2 Å². The van der Waals surface area contributed by atoms with Crippen molar-refractivity contribution in [3.05, 3.63) is 58.7 Å². The van der Waals surface area contributed by atoms with E-state index < -0.39 is 0 Å². The lowest BCUT2D eigenvalue weighted by molar-refractivity contribution is -0.120. The van der Waals surface area contributed by atoms with Crippen LogP contribution in [0, 0.1) is 207 Å². The maximum Gasteiger partial charge on any atom is 0.178 e. The summed E-state index contributed by atoms with van der Waals surface area (Å²) in [7, 11) is 0. The zero-order chi connectivity index (χ0) is 65.0. The van der Waals surface area contributed by atoms with E-state index in [1.807, 2.05) is 24.3 Å². The summed E-state index contributed by atoms with van der Waals surface area (Å²) in [6.07, 6.45) is 43.8. The van der Waals surface area contributed by atoms with Crippen molar-refractivity contribution in [3.63, 3.8) is 0 Å². The number of allylic oxidation sites excluding steroid dienone is 7. The van der Waals surface area contributed by atoms with Gasteiger partial charge >= 0.3 is 0 Å². The predicted octanol–water partition coefficient (Wildman–Crippen LogP) is 19.1. The second kappa shape index (κ2) is 23.0. The number of nitrogens with zero attached hydrogens (tertiary/aromatic N) is 4. The molecule has 17 rings (SSSR count). The van der Waals surface area contributed by atoms with Gasteiger partial charge in [-0.25, -0.2) is 0 Å². The monoisotopic (exact) mass is 1240 g/mol. The molecule has 0 aromatic rings. The van der Waals surface area contributed by atoms with E-state index in [1.165, 1.54) is 125 Å². The molecule has 0 saturated heterocycles. The fraction of sp³-hybridized carbons (Fsp3) is 0.786. The molecule has 0 heterocycles. The quantitative estimate of drug-likeness (QED) is 0.250. The Morgan fingerprint density at radius 2 is 0.902 bits per heavy atom. The largest absolute Gasteiger partial charge is 0.295 e. The summed E-state index contributed by atoms with van der Waals surface area (Å²) >= 11 is 0. The molecule has 8 nitrogen and oxygen atoms in total. The average Bonchev–Trinajstić information content (AvgIpc) is 1.49. The molecule has 0 aromatic carbocycles. The summed E-state index contributed by atoms with van der Waals surface area (Å²) in [5.74, 6) is 13.9. The zero-order valence-electron chi connectivity index (χ0n) is 58.2. The van der Waals surface area contributed by atoms with Gasteiger partial charge in [-0.1, -0.05) is 104 Å².